The van der Waals surface area contributed by atoms with Gasteiger partial charge in [0.2, 0.25) is 0 Å². The van der Waals surface area contributed by atoms with Gasteiger partial charge in [-0.2, -0.15) is 0 Å². The van der Waals surface area contributed by atoms with Crippen LogP contribution in [0.3, 0.4) is 0 Å². The van der Waals surface area contributed by atoms with Gasteiger partial charge in [0.15, 0.2) is 0 Å². The average molecular weight is 229 g/mol. The van der Waals surface area contributed by atoms with Crippen molar-refractivity contribution < 1.29 is 5.11 Å². The predicted octanol–water partition coefficient (Wildman–Crippen LogP) is 3.34. The van der Waals surface area contributed by atoms with Crippen molar-refractivity contribution in [3.05, 3.63) is 0 Å². The van der Waals surface area contributed by atoms with Crippen LogP contribution in [-0.4, -0.2) is 24.3 Å². The van der Waals surface area contributed by atoms with Gasteiger partial charge in [-0.05, 0) is 38.1 Å². The Morgan fingerprint density at radius 1 is 1.12 bits per heavy atom. The maximum Gasteiger partial charge on any atom is 0.0430 e. The fourth-order valence-electron chi connectivity index (χ4n) is 2.11. The summed E-state index contributed by atoms with van der Waals surface area (Å²) in [5.41, 5.74) is 0. The summed E-state index contributed by atoms with van der Waals surface area (Å²) in [4.78, 5) is 0. The van der Waals surface area contributed by atoms with E-state index in [0.717, 1.165) is 24.8 Å². The Morgan fingerprint density at radius 3 is 2.25 bits per heavy atom. The van der Waals surface area contributed by atoms with Gasteiger partial charge in [0.25, 0.3) is 0 Å². The molecule has 0 aliphatic heterocycles. The average Bonchev–Trinajstić information content (AvgIpc) is 2.30. The highest BCUT2D eigenvalue weighted by molar-refractivity contribution is 4.77. The van der Waals surface area contributed by atoms with Crippen molar-refractivity contribution in [2.24, 2.45) is 5.92 Å². The topological polar surface area (TPSA) is 32.3 Å². The smallest absolute Gasteiger partial charge is 0.0430 e. The van der Waals surface area contributed by atoms with E-state index in [9.17, 15) is 0 Å². The molecule has 1 rings (SSSR count). The maximum absolute atomic E-state index is 8.07. The van der Waals surface area contributed by atoms with Crippen LogP contribution in [-0.2, 0) is 0 Å². The third-order valence-electron chi connectivity index (χ3n) is 3.28. The van der Waals surface area contributed by atoms with E-state index in [-0.39, 0.29) is 0 Å². The normalized spacial score (nSPS) is 24.8. The molecule has 0 radical (unpaired) electrons. The minimum absolute atomic E-state index is 0.344. The predicted molar refractivity (Wildman–Crippen MR) is 71.7 cm³/mol. The summed E-state index contributed by atoms with van der Waals surface area (Å²) in [7, 11) is 0. The van der Waals surface area contributed by atoms with Crippen LogP contribution in [0.25, 0.3) is 0 Å². The highest BCUT2D eigenvalue weighted by Crippen LogP contribution is 2.23. The van der Waals surface area contributed by atoms with E-state index < -0.39 is 0 Å². The van der Waals surface area contributed by atoms with Crippen LogP contribution in [0.4, 0.5) is 0 Å². The number of aliphatic hydroxyl groups is 1. The first-order valence-corrected chi connectivity index (χ1v) is 7.10. The molecule has 1 fully saturated rings. The lowest BCUT2D eigenvalue weighted by molar-refractivity contribution is 0.281. The zero-order valence-electron chi connectivity index (χ0n) is 11.5. The van der Waals surface area contributed by atoms with Crippen LogP contribution in [0.1, 0.15) is 65.7 Å². The van der Waals surface area contributed by atoms with Crippen molar-refractivity contribution in [1.82, 2.24) is 5.32 Å². The molecule has 2 N–H and O–H groups in total. The zero-order chi connectivity index (χ0) is 12.2. The second-order valence-electron chi connectivity index (χ2n) is 4.90. The van der Waals surface area contributed by atoms with Gasteiger partial charge in [-0.1, -0.05) is 40.0 Å². The molecule has 2 atom stereocenters. The van der Waals surface area contributed by atoms with E-state index in [1.165, 1.54) is 38.6 Å². The quantitative estimate of drug-likeness (QED) is 0.758. The largest absolute Gasteiger partial charge is 0.396 e. The van der Waals surface area contributed by atoms with Gasteiger partial charge >= 0.3 is 0 Å². The van der Waals surface area contributed by atoms with Crippen molar-refractivity contribution in [3.8, 4) is 0 Å². The molecule has 0 spiro atoms. The summed E-state index contributed by atoms with van der Waals surface area (Å²) < 4.78 is 0. The molecule has 98 valence electrons. The lowest BCUT2D eigenvalue weighted by Gasteiger charge is -2.29. The molecule has 2 unspecified atom stereocenters. The molecule has 1 aliphatic rings. The molecule has 0 aromatic carbocycles. The molecular formula is C14H31NO. The second-order valence-corrected chi connectivity index (χ2v) is 4.90. The van der Waals surface area contributed by atoms with Crippen molar-refractivity contribution in [3.63, 3.8) is 0 Å². The Bertz CT molecular complexity index is 137. The Kier molecular flexibility index (Phi) is 11.3. The van der Waals surface area contributed by atoms with Gasteiger partial charge in [0.05, 0.1) is 0 Å². The Labute approximate surface area is 102 Å². The molecule has 0 bridgehead atoms. The lowest BCUT2D eigenvalue weighted by atomic mass is 9.86. The Hall–Kier alpha value is -0.0800. The summed E-state index contributed by atoms with van der Waals surface area (Å²) >= 11 is 0. The van der Waals surface area contributed by atoms with Gasteiger partial charge in [0, 0.05) is 12.6 Å². The highest BCUT2D eigenvalue weighted by Gasteiger charge is 2.19. The summed E-state index contributed by atoms with van der Waals surface area (Å²) in [6.07, 6.45) is 9.03. The molecule has 16 heavy (non-hydrogen) atoms. The van der Waals surface area contributed by atoms with E-state index in [0.29, 0.717) is 6.61 Å². The standard InChI is InChI=1S/C10H21N.C4H10O/c1-3-8-11-10-7-5-4-6-9(10)2;1-2-3-4-5/h9-11H,3-8H2,1-2H3;5H,2-4H2,1H3. The number of nitrogens with one attached hydrogen (secondary N) is 1. The van der Waals surface area contributed by atoms with Crippen LogP contribution in [0.15, 0.2) is 0 Å². The zero-order valence-corrected chi connectivity index (χ0v) is 11.5. The molecule has 0 aromatic heterocycles. The third kappa shape index (κ3) is 8.12. The Balaban J connectivity index is 0.000000385. The first-order valence-electron chi connectivity index (χ1n) is 7.10. The molecule has 0 amide bonds. The van der Waals surface area contributed by atoms with Gasteiger partial charge in [-0.15, -0.1) is 0 Å². The van der Waals surface area contributed by atoms with Crippen LogP contribution < -0.4 is 5.32 Å². The van der Waals surface area contributed by atoms with Crippen molar-refractivity contribution in [2.45, 2.75) is 71.8 Å². The Morgan fingerprint density at radius 2 is 1.81 bits per heavy atom. The SMILES string of the molecule is CCCCO.CCCNC1CCCCC1C. The van der Waals surface area contributed by atoms with Crippen LogP contribution in [0, 0.1) is 5.92 Å². The number of aliphatic hydroxyl groups excluding tert-OH is 1. The van der Waals surface area contributed by atoms with Gasteiger partial charge in [-0.25, -0.2) is 0 Å². The molecule has 2 nitrogen and oxygen atoms in total. The van der Waals surface area contributed by atoms with Crippen LogP contribution in [0.2, 0.25) is 0 Å². The molecule has 0 aromatic rings. The monoisotopic (exact) mass is 229 g/mol. The highest BCUT2D eigenvalue weighted by atomic mass is 16.2. The summed E-state index contributed by atoms with van der Waals surface area (Å²) in [6, 6.07) is 0.823. The van der Waals surface area contributed by atoms with E-state index in [1.807, 2.05) is 0 Å². The minimum Gasteiger partial charge on any atom is -0.396 e. The molecule has 0 heterocycles. The molecule has 0 saturated heterocycles. The minimum atomic E-state index is 0.344. The van der Waals surface area contributed by atoms with E-state index in [1.54, 1.807) is 0 Å². The van der Waals surface area contributed by atoms with Gasteiger partial charge in [0.1, 0.15) is 0 Å². The molecular weight excluding hydrogens is 198 g/mol. The van der Waals surface area contributed by atoms with Crippen molar-refractivity contribution >= 4 is 0 Å². The third-order valence-corrected chi connectivity index (χ3v) is 3.28. The second kappa shape index (κ2) is 11.4. The maximum atomic E-state index is 8.07. The number of unbranched alkanes of at least 4 members (excludes halogenated alkanes) is 1. The van der Waals surface area contributed by atoms with Crippen molar-refractivity contribution in [2.75, 3.05) is 13.2 Å². The fourth-order valence-corrected chi connectivity index (χ4v) is 2.11. The van der Waals surface area contributed by atoms with E-state index in [2.05, 4.69) is 26.1 Å². The van der Waals surface area contributed by atoms with Gasteiger partial charge in [-0.3, -0.25) is 0 Å². The fraction of sp³-hybridized carbons (Fsp3) is 1.00. The summed E-state index contributed by atoms with van der Waals surface area (Å²) in [6.45, 7) is 8.22. The first kappa shape index (κ1) is 15.9. The van der Waals surface area contributed by atoms with Crippen molar-refractivity contribution in [1.29, 1.82) is 0 Å². The van der Waals surface area contributed by atoms with E-state index in [4.69, 9.17) is 5.11 Å². The van der Waals surface area contributed by atoms with E-state index >= 15 is 0 Å². The molecule has 1 aliphatic carbocycles. The summed E-state index contributed by atoms with van der Waals surface area (Å²) in [5.74, 6) is 0.912. The number of hydrogen-bond donors (Lipinski definition) is 2. The molecule has 1 saturated carbocycles. The van der Waals surface area contributed by atoms with Gasteiger partial charge < -0.3 is 10.4 Å². The summed E-state index contributed by atoms with van der Waals surface area (Å²) in [5, 5.41) is 11.7. The van der Waals surface area contributed by atoms with Crippen LogP contribution >= 0.6 is 0 Å². The first-order chi connectivity index (χ1) is 7.76. The lowest BCUT2D eigenvalue weighted by Crippen LogP contribution is -2.37. The number of hydrogen-bond acceptors (Lipinski definition) is 2. The molecule has 2 heteroatoms. The van der Waals surface area contributed by atoms with Crippen LogP contribution in [0.5, 0.6) is 0 Å². The number of rotatable bonds is 5.